The average molecular weight is 365 g/mol. The Morgan fingerprint density at radius 2 is 1.59 bits per heavy atom. The molecule has 27 heavy (non-hydrogen) atoms. The highest BCUT2D eigenvalue weighted by Gasteiger charge is 2.28. The third kappa shape index (κ3) is 4.73. The molecule has 0 atom stereocenters. The zero-order valence-corrected chi connectivity index (χ0v) is 15.1. The van der Waals surface area contributed by atoms with Crippen molar-refractivity contribution in [1.29, 1.82) is 0 Å². The molecule has 1 aliphatic rings. The normalized spacial score (nSPS) is 14.6. The summed E-state index contributed by atoms with van der Waals surface area (Å²) in [5, 5.41) is 2.14. The largest absolute Gasteiger partial charge is 0.398 e. The number of carbonyl (C=O) groups excluding carboxylic acids is 3. The Morgan fingerprint density at radius 1 is 0.963 bits per heavy atom. The molecule has 0 radical (unpaired) electrons. The Hall–Kier alpha value is -3.15. The molecule has 2 aromatic rings. The van der Waals surface area contributed by atoms with Gasteiger partial charge in [-0.05, 0) is 42.9 Å². The zero-order valence-electron chi connectivity index (χ0n) is 15.1. The third-order valence-electron chi connectivity index (χ3n) is 4.90. The van der Waals surface area contributed by atoms with Crippen molar-refractivity contribution >= 4 is 23.4 Å². The van der Waals surface area contributed by atoms with Crippen LogP contribution in [0.2, 0.25) is 0 Å². The number of rotatable bonds is 3. The molecular formula is C21H23N3O3. The molecule has 0 unspecified atom stereocenters. The number of piperidine rings is 1. The molecule has 0 aromatic heterocycles. The third-order valence-corrected chi connectivity index (χ3v) is 4.90. The summed E-state index contributed by atoms with van der Waals surface area (Å²) in [5.41, 5.74) is 7.45. The fourth-order valence-corrected chi connectivity index (χ4v) is 3.36. The molecule has 1 saturated heterocycles. The molecule has 6 heteroatoms. The highest BCUT2D eigenvalue weighted by atomic mass is 16.2. The van der Waals surface area contributed by atoms with Gasteiger partial charge in [-0.1, -0.05) is 42.5 Å². The van der Waals surface area contributed by atoms with E-state index in [1.54, 1.807) is 18.2 Å². The van der Waals surface area contributed by atoms with Crippen LogP contribution in [0, 0.1) is 5.92 Å². The molecule has 3 N–H and O–H groups in total. The SMILES string of the molecule is Nc1ccccc1C(=O)NC(=O)C(=O)N1CCC(Cc2ccccc2)CC1. The minimum atomic E-state index is -0.912. The van der Waals surface area contributed by atoms with Gasteiger partial charge in [0.25, 0.3) is 5.91 Å². The molecule has 140 valence electrons. The van der Waals surface area contributed by atoms with Crippen molar-refractivity contribution in [3.63, 3.8) is 0 Å². The second kappa shape index (κ2) is 8.49. The molecule has 0 bridgehead atoms. The summed E-state index contributed by atoms with van der Waals surface area (Å²) in [4.78, 5) is 38.1. The molecule has 2 aromatic carbocycles. The van der Waals surface area contributed by atoms with Crippen molar-refractivity contribution in [2.24, 2.45) is 5.92 Å². The van der Waals surface area contributed by atoms with E-state index in [-0.39, 0.29) is 11.3 Å². The molecule has 1 fully saturated rings. The van der Waals surface area contributed by atoms with Crippen LogP contribution in [0.3, 0.4) is 0 Å². The zero-order chi connectivity index (χ0) is 19.2. The van der Waals surface area contributed by atoms with E-state index in [1.807, 2.05) is 18.2 Å². The van der Waals surface area contributed by atoms with Crippen LogP contribution < -0.4 is 11.1 Å². The lowest BCUT2D eigenvalue weighted by molar-refractivity contribution is -0.146. The number of likely N-dealkylation sites (tertiary alicyclic amines) is 1. The second-order valence-electron chi connectivity index (χ2n) is 6.80. The molecule has 1 aliphatic heterocycles. The van der Waals surface area contributed by atoms with Gasteiger partial charge in [-0.25, -0.2) is 0 Å². The van der Waals surface area contributed by atoms with E-state index in [2.05, 4.69) is 17.4 Å². The van der Waals surface area contributed by atoms with E-state index in [4.69, 9.17) is 5.73 Å². The molecule has 0 spiro atoms. The van der Waals surface area contributed by atoms with Gasteiger partial charge in [-0.2, -0.15) is 0 Å². The average Bonchev–Trinajstić information content (AvgIpc) is 2.69. The van der Waals surface area contributed by atoms with Crippen LogP contribution in [-0.2, 0) is 16.0 Å². The Morgan fingerprint density at radius 3 is 2.26 bits per heavy atom. The molecule has 3 amide bonds. The summed E-state index contributed by atoms with van der Waals surface area (Å²) in [6.45, 7) is 1.04. The first-order valence-corrected chi connectivity index (χ1v) is 9.07. The minimum absolute atomic E-state index is 0.181. The van der Waals surface area contributed by atoms with Crippen molar-refractivity contribution < 1.29 is 14.4 Å². The number of nitrogens with zero attached hydrogens (tertiary/aromatic N) is 1. The maximum absolute atomic E-state index is 12.3. The van der Waals surface area contributed by atoms with Gasteiger partial charge < -0.3 is 10.6 Å². The van der Waals surface area contributed by atoms with Crippen LogP contribution in [0.1, 0.15) is 28.8 Å². The topological polar surface area (TPSA) is 92.5 Å². The van der Waals surface area contributed by atoms with Gasteiger partial charge >= 0.3 is 11.8 Å². The van der Waals surface area contributed by atoms with Gasteiger partial charge in [0, 0.05) is 18.8 Å². The number of para-hydroxylation sites is 1. The standard InChI is InChI=1S/C21H23N3O3/c22-18-9-5-4-8-17(18)19(25)23-20(26)21(27)24-12-10-16(11-13-24)14-15-6-2-1-3-7-15/h1-9,16H,10-14,22H2,(H,23,25,26). The lowest BCUT2D eigenvalue weighted by Gasteiger charge is -2.31. The summed E-state index contributed by atoms with van der Waals surface area (Å²) < 4.78 is 0. The molecule has 0 aliphatic carbocycles. The summed E-state index contributed by atoms with van der Waals surface area (Å²) in [6, 6.07) is 16.7. The van der Waals surface area contributed by atoms with Gasteiger partial charge in [0.1, 0.15) is 0 Å². The van der Waals surface area contributed by atoms with E-state index in [9.17, 15) is 14.4 Å². The summed E-state index contributed by atoms with van der Waals surface area (Å²) in [6.07, 6.45) is 2.65. The lowest BCUT2D eigenvalue weighted by Crippen LogP contribution is -2.48. The Balaban J connectivity index is 1.50. The van der Waals surface area contributed by atoms with Crippen molar-refractivity contribution in [2.45, 2.75) is 19.3 Å². The number of nitrogens with two attached hydrogens (primary N) is 1. The Bertz CT molecular complexity index is 828. The van der Waals surface area contributed by atoms with E-state index < -0.39 is 17.7 Å². The molecule has 3 rings (SSSR count). The summed E-state index contributed by atoms with van der Waals surface area (Å²) in [7, 11) is 0. The Kier molecular flexibility index (Phi) is 5.86. The number of carbonyl (C=O) groups is 3. The van der Waals surface area contributed by atoms with Crippen LogP contribution in [0.4, 0.5) is 5.69 Å². The van der Waals surface area contributed by atoms with Crippen LogP contribution in [0.15, 0.2) is 54.6 Å². The van der Waals surface area contributed by atoms with Gasteiger partial charge in [-0.3, -0.25) is 19.7 Å². The maximum Gasteiger partial charge on any atom is 0.316 e. The van der Waals surface area contributed by atoms with E-state index >= 15 is 0 Å². The van der Waals surface area contributed by atoms with Gasteiger partial charge in [0.05, 0.1) is 5.56 Å². The van der Waals surface area contributed by atoms with Crippen LogP contribution >= 0.6 is 0 Å². The van der Waals surface area contributed by atoms with Crippen LogP contribution in [-0.4, -0.2) is 35.7 Å². The number of nitrogen functional groups attached to an aromatic ring is 1. The number of hydrogen-bond acceptors (Lipinski definition) is 4. The summed E-state index contributed by atoms with van der Waals surface area (Å²) >= 11 is 0. The fourth-order valence-electron chi connectivity index (χ4n) is 3.36. The molecular weight excluding hydrogens is 342 g/mol. The van der Waals surface area contributed by atoms with Crippen LogP contribution in [0.5, 0.6) is 0 Å². The van der Waals surface area contributed by atoms with Crippen molar-refractivity contribution in [3.05, 3.63) is 65.7 Å². The van der Waals surface area contributed by atoms with E-state index in [0.29, 0.717) is 19.0 Å². The molecule has 0 saturated carbocycles. The fraction of sp³-hybridized carbons (Fsp3) is 0.286. The first-order chi connectivity index (χ1) is 13.0. The highest BCUT2D eigenvalue weighted by Crippen LogP contribution is 2.21. The number of benzene rings is 2. The van der Waals surface area contributed by atoms with Gasteiger partial charge in [0.15, 0.2) is 0 Å². The first kappa shape index (κ1) is 18.6. The van der Waals surface area contributed by atoms with Crippen molar-refractivity contribution in [1.82, 2.24) is 10.2 Å². The molecule has 6 nitrogen and oxygen atoms in total. The number of amides is 3. The van der Waals surface area contributed by atoms with Gasteiger partial charge in [-0.15, -0.1) is 0 Å². The number of anilines is 1. The minimum Gasteiger partial charge on any atom is -0.398 e. The first-order valence-electron chi connectivity index (χ1n) is 9.07. The summed E-state index contributed by atoms with van der Waals surface area (Å²) in [5.74, 6) is -1.75. The van der Waals surface area contributed by atoms with E-state index in [0.717, 1.165) is 19.3 Å². The number of nitrogens with one attached hydrogen (secondary N) is 1. The maximum atomic E-state index is 12.3. The highest BCUT2D eigenvalue weighted by molar-refractivity contribution is 6.38. The molecule has 1 heterocycles. The number of imide groups is 1. The second-order valence-corrected chi connectivity index (χ2v) is 6.80. The predicted molar refractivity (Wildman–Crippen MR) is 103 cm³/mol. The Labute approximate surface area is 158 Å². The lowest BCUT2D eigenvalue weighted by atomic mass is 9.90. The smallest absolute Gasteiger partial charge is 0.316 e. The van der Waals surface area contributed by atoms with E-state index in [1.165, 1.54) is 16.5 Å². The predicted octanol–water partition coefficient (Wildman–Crippen LogP) is 2.01. The monoisotopic (exact) mass is 365 g/mol. The van der Waals surface area contributed by atoms with Gasteiger partial charge in [0.2, 0.25) is 0 Å². The number of hydrogen-bond donors (Lipinski definition) is 2. The quantitative estimate of drug-likeness (QED) is 0.643. The van der Waals surface area contributed by atoms with Crippen molar-refractivity contribution in [2.75, 3.05) is 18.8 Å². The van der Waals surface area contributed by atoms with Crippen LogP contribution in [0.25, 0.3) is 0 Å². The van der Waals surface area contributed by atoms with Crippen molar-refractivity contribution in [3.8, 4) is 0 Å².